The second kappa shape index (κ2) is 8.61. The molecule has 6 heteroatoms. The molecule has 28 heavy (non-hydrogen) atoms. The van der Waals surface area contributed by atoms with E-state index >= 15 is 0 Å². The van der Waals surface area contributed by atoms with Crippen molar-refractivity contribution in [3.8, 4) is 0 Å². The van der Waals surface area contributed by atoms with E-state index in [2.05, 4.69) is 10.6 Å². The monoisotopic (exact) mass is 396 g/mol. The normalized spacial score (nSPS) is 16.7. The van der Waals surface area contributed by atoms with Crippen molar-refractivity contribution in [1.29, 1.82) is 0 Å². The van der Waals surface area contributed by atoms with Gasteiger partial charge in [0.05, 0.1) is 10.7 Å². The summed E-state index contributed by atoms with van der Waals surface area (Å²) in [5.74, 6) is -0.265. The summed E-state index contributed by atoms with van der Waals surface area (Å²) in [4.78, 5) is 36.1. The molecule has 0 radical (unpaired) electrons. The van der Waals surface area contributed by atoms with Crippen molar-refractivity contribution in [2.24, 2.45) is 0 Å². The third kappa shape index (κ3) is 4.12. The molecular formula is C22H24N2O3S. The fourth-order valence-corrected chi connectivity index (χ4v) is 4.44. The maximum absolute atomic E-state index is 13.1. The first kappa shape index (κ1) is 20.1. The van der Waals surface area contributed by atoms with Gasteiger partial charge in [0.2, 0.25) is 11.8 Å². The van der Waals surface area contributed by atoms with E-state index in [9.17, 15) is 14.4 Å². The highest BCUT2D eigenvalue weighted by atomic mass is 32.2. The minimum absolute atomic E-state index is 0.0206. The van der Waals surface area contributed by atoms with Crippen LogP contribution in [0.2, 0.25) is 0 Å². The van der Waals surface area contributed by atoms with Crippen LogP contribution in [-0.4, -0.2) is 22.3 Å². The quantitative estimate of drug-likeness (QED) is 0.733. The summed E-state index contributed by atoms with van der Waals surface area (Å²) >= 11 is 1.02. The van der Waals surface area contributed by atoms with Gasteiger partial charge in [-0.25, -0.2) is 0 Å². The highest BCUT2D eigenvalue weighted by Gasteiger charge is 2.36. The molecule has 1 fully saturated rings. The highest BCUT2D eigenvalue weighted by molar-refractivity contribution is 8.15. The second-order valence-electron chi connectivity index (χ2n) is 6.89. The first-order valence-corrected chi connectivity index (χ1v) is 10.3. The Morgan fingerprint density at radius 1 is 1.04 bits per heavy atom. The van der Waals surface area contributed by atoms with Crippen LogP contribution >= 0.6 is 11.8 Å². The van der Waals surface area contributed by atoms with Crippen molar-refractivity contribution in [2.75, 3.05) is 5.32 Å². The van der Waals surface area contributed by atoms with E-state index in [0.717, 1.165) is 28.6 Å². The van der Waals surface area contributed by atoms with Crippen molar-refractivity contribution >= 4 is 34.5 Å². The zero-order chi connectivity index (χ0) is 20.1. The average molecular weight is 397 g/mol. The number of rotatable bonds is 7. The molecule has 0 aromatic heterocycles. The maximum Gasteiger partial charge on any atom is 0.286 e. The lowest BCUT2D eigenvalue weighted by Gasteiger charge is -2.31. The van der Waals surface area contributed by atoms with Crippen LogP contribution in [0.5, 0.6) is 0 Å². The van der Waals surface area contributed by atoms with Crippen molar-refractivity contribution in [3.63, 3.8) is 0 Å². The van der Waals surface area contributed by atoms with Crippen LogP contribution in [0.25, 0.3) is 0 Å². The van der Waals surface area contributed by atoms with Gasteiger partial charge in [-0.3, -0.25) is 19.7 Å². The number of hydrogen-bond donors (Lipinski definition) is 2. The largest absolute Gasteiger partial charge is 0.325 e. The van der Waals surface area contributed by atoms with Gasteiger partial charge < -0.3 is 5.32 Å². The van der Waals surface area contributed by atoms with E-state index in [-0.39, 0.29) is 22.3 Å². The number of carbonyl (C=O) groups excluding carboxylic acids is 3. The summed E-state index contributed by atoms with van der Waals surface area (Å²) in [6, 6.07) is 17.3. The van der Waals surface area contributed by atoms with Gasteiger partial charge in [0.1, 0.15) is 0 Å². The Bertz CT molecular complexity index is 861. The van der Waals surface area contributed by atoms with Gasteiger partial charge in [0.25, 0.3) is 5.24 Å². The van der Waals surface area contributed by atoms with Crippen LogP contribution in [0.3, 0.4) is 0 Å². The first-order valence-electron chi connectivity index (χ1n) is 9.46. The van der Waals surface area contributed by atoms with Gasteiger partial charge >= 0.3 is 0 Å². The second-order valence-corrected chi connectivity index (χ2v) is 8.07. The molecule has 2 aromatic carbocycles. The minimum atomic E-state index is -0.571. The summed E-state index contributed by atoms with van der Waals surface area (Å²) in [7, 11) is 0. The van der Waals surface area contributed by atoms with Crippen LogP contribution in [0.4, 0.5) is 10.5 Å². The number of thioether (sulfide) groups is 1. The summed E-state index contributed by atoms with van der Waals surface area (Å²) in [6.07, 6.45) is 1.90. The van der Waals surface area contributed by atoms with Crippen LogP contribution in [0, 0.1) is 0 Å². The topological polar surface area (TPSA) is 75.3 Å². The third-order valence-corrected chi connectivity index (χ3v) is 6.35. The molecule has 1 aliphatic rings. The molecular weight excluding hydrogens is 372 g/mol. The summed E-state index contributed by atoms with van der Waals surface area (Å²) in [5.41, 5.74) is 2.11. The van der Waals surface area contributed by atoms with Crippen molar-refractivity contribution in [3.05, 3.63) is 65.7 Å². The lowest BCUT2D eigenvalue weighted by atomic mass is 9.75. The van der Waals surface area contributed by atoms with E-state index < -0.39 is 5.41 Å². The SMILES string of the molecule is CCC(CC)(C(=O)Nc1ccc(CC2SC(=O)NC2=O)cc1)c1ccccc1. The number of benzene rings is 2. The molecule has 2 N–H and O–H groups in total. The molecule has 5 nitrogen and oxygen atoms in total. The fraction of sp³-hybridized carbons (Fsp3) is 0.318. The summed E-state index contributed by atoms with van der Waals surface area (Å²) in [6.45, 7) is 4.07. The zero-order valence-electron chi connectivity index (χ0n) is 16.0. The Morgan fingerprint density at radius 3 is 2.21 bits per heavy atom. The van der Waals surface area contributed by atoms with E-state index in [1.165, 1.54) is 0 Å². The maximum atomic E-state index is 13.1. The van der Waals surface area contributed by atoms with Gasteiger partial charge in [-0.2, -0.15) is 0 Å². The fourth-order valence-electron chi connectivity index (χ4n) is 3.58. The van der Waals surface area contributed by atoms with Crippen molar-refractivity contribution in [1.82, 2.24) is 5.32 Å². The van der Waals surface area contributed by atoms with E-state index in [0.29, 0.717) is 19.3 Å². The minimum Gasteiger partial charge on any atom is -0.325 e. The molecule has 0 saturated carbocycles. The molecule has 3 amide bonds. The highest BCUT2D eigenvalue weighted by Crippen LogP contribution is 2.33. The van der Waals surface area contributed by atoms with Gasteiger partial charge in [0, 0.05) is 5.69 Å². The zero-order valence-corrected chi connectivity index (χ0v) is 16.8. The lowest BCUT2D eigenvalue weighted by molar-refractivity contribution is -0.122. The first-order chi connectivity index (χ1) is 13.5. The molecule has 0 aliphatic carbocycles. The lowest BCUT2D eigenvalue weighted by Crippen LogP contribution is -2.39. The number of imide groups is 1. The number of nitrogens with one attached hydrogen (secondary N) is 2. The van der Waals surface area contributed by atoms with Gasteiger partial charge in [-0.1, -0.05) is 68.1 Å². The third-order valence-electron chi connectivity index (χ3n) is 5.37. The molecule has 0 spiro atoms. The Labute approximate surface area is 169 Å². The van der Waals surface area contributed by atoms with E-state index in [4.69, 9.17) is 0 Å². The Balaban J connectivity index is 1.71. The van der Waals surface area contributed by atoms with Crippen molar-refractivity contribution in [2.45, 2.75) is 43.8 Å². The Hall–Kier alpha value is -2.60. The predicted octanol–water partition coefficient (Wildman–Crippen LogP) is 4.28. The van der Waals surface area contributed by atoms with Crippen molar-refractivity contribution < 1.29 is 14.4 Å². The molecule has 0 bridgehead atoms. The molecule has 1 heterocycles. The number of amides is 3. The Morgan fingerprint density at radius 2 is 1.68 bits per heavy atom. The molecule has 146 valence electrons. The number of anilines is 1. The van der Waals surface area contributed by atoms with Crippen LogP contribution in [-0.2, 0) is 21.4 Å². The standard InChI is InChI=1S/C22H24N2O3S/c1-3-22(4-2,16-8-6-5-7-9-16)20(26)23-17-12-10-15(11-13-17)14-18-19(25)24-21(27)28-18/h5-13,18H,3-4,14H2,1-2H3,(H,23,26)(H,24,25,27). The average Bonchev–Trinajstić information content (AvgIpc) is 3.02. The molecule has 1 atom stereocenters. The molecule has 1 aliphatic heterocycles. The Kier molecular flexibility index (Phi) is 6.19. The molecule has 3 rings (SSSR count). The van der Waals surface area contributed by atoms with Crippen LogP contribution in [0.1, 0.15) is 37.8 Å². The molecule has 1 unspecified atom stereocenters. The van der Waals surface area contributed by atoms with Gasteiger partial charge in [0.15, 0.2) is 0 Å². The predicted molar refractivity (Wildman–Crippen MR) is 112 cm³/mol. The van der Waals surface area contributed by atoms with Gasteiger partial charge in [-0.15, -0.1) is 0 Å². The van der Waals surface area contributed by atoms with Gasteiger partial charge in [-0.05, 0) is 42.5 Å². The smallest absolute Gasteiger partial charge is 0.286 e. The summed E-state index contributed by atoms with van der Waals surface area (Å²) < 4.78 is 0. The van der Waals surface area contributed by atoms with E-state index in [1.807, 2.05) is 68.4 Å². The molecule has 1 saturated heterocycles. The van der Waals surface area contributed by atoms with Crippen LogP contribution < -0.4 is 10.6 Å². The van der Waals surface area contributed by atoms with Crippen LogP contribution in [0.15, 0.2) is 54.6 Å². The molecule has 2 aromatic rings. The summed E-state index contributed by atoms with van der Waals surface area (Å²) in [5, 5.41) is 4.65. The van der Waals surface area contributed by atoms with E-state index in [1.54, 1.807) is 0 Å². The number of carbonyl (C=O) groups is 3. The number of hydrogen-bond acceptors (Lipinski definition) is 4.